The molecule has 0 saturated carbocycles. The first-order valence-electron chi connectivity index (χ1n) is 8.58. The molecule has 0 aliphatic carbocycles. The van der Waals surface area contributed by atoms with Crippen molar-refractivity contribution >= 4 is 39.1 Å². The molecule has 0 atom stereocenters. The molecule has 2 aliphatic heterocycles. The molecule has 0 bridgehead atoms. The van der Waals surface area contributed by atoms with Gasteiger partial charge in [0.2, 0.25) is 15.9 Å². The summed E-state index contributed by atoms with van der Waals surface area (Å²) in [6.45, 7) is 2.20. The van der Waals surface area contributed by atoms with Crippen molar-refractivity contribution in [2.24, 2.45) is 0 Å². The molecule has 5 nitrogen and oxygen atoms in total. The SMILES string of the molecule is O=C(Cc1cc(Cl)ccc1Cl)N1CCC(S(=O)(=O)N2CCCC2)CC1. The van der Waals surface area contributed by atoms with Crippen molar-refractivity contribution in [3.63, 3.8) is 0 Å². The van der Waals surface area contributed by atoms with E-state index in [1.165, 1.54) is 0 Å². The lowest BCUT2D eigenvalue weighted by Gasteiger charge is -2.33. The van der Waals surface area contributed by atoms with E-state index in [1.54, 1.807) is 27.4 Å². The van der Waals surface area contributed by atoms with Crippen LogP contribution >= 0.6 is 23.2 Å². The Balaban J connectivity index is 1.58. The maximum absolute atomic E-state index is 12.6. The molecule has 8 heteroatoms. The number of piperidine rings is 1. The fourth-order valence-electron chi connectivity index (χ4n) is 3.51. The number of carbonyl (C=O) groups excluding carboxylic acids is 1. The topological polar surface area (TPSA) is 57.7 Å². The average Bonchev–Trinajstić information content (AvgIpc) is 3.13. The molecule has 1 aromatic carbocycles. The van der Waals surface area contributed by atoms with Crippen LogP contribution < -0.4 is 0 Å². The lowest BCUT2D eigenvalue weighted by molar-refractivity contribution is -0.131. The largest absolute Gasteiger partial charge is 0.342 e. The Kier molecular flexibility index (Phi) is 5.93. The summed E-state index contributed by atoms with van der Waals surface area (Å²) >= 11 is 12.1. The Bertz CT molecular complexity index is 740. The predicted octanol–water partition coefficient (Wildman–Crippen LogP) is 2.95. The number of hydrogen-bond acceptors (Lipinski definition) is 3. The number of rotatable bonds is 4. The molecule has 0 radical (unpaired) electrons. The Morgan fingerprint density at radius 2 is 1.72 bits per heavy atom. The van der Waals surface area contributed by atoms with Gasteiger partial charge in [-0.2, -0.15) is 0 Å². The number of benzene rings is 1. The first-order valence-corrected chi connectivity index (χ1v) is 10.8. The Morgan fingerprint density at radius 3 is 2.36 bits per heavy atom. The molecule has 0 aromatic heterocycles. The number of nitrogens with zero attached hydrogens (tertiary/aromatic N) is 2. The van der Waals surface area contributed by atoms with Gasteiger partial charge < -0.3 is 4.90 Å². The number of halogens is 2. The van der Waals surface area contributed by atoms with Crippen molar-refractivity contribution in [2.45, 2.75) is 37.4 Å². The summed E-state index contributed by atoms with van der Waals surface area (Å²) in [5.41, 5.74) is 0.700. The minimum absolute atomic E-state index is 0.0406. The van der Waals surface area contributed by atoms with E-state index < -0.39 is 10.0 Å². The van der Waals surface area contributed by atoms with Gasteiger partial charge in [-0.1, -0.05) is 23.2 Å². The molecule has 2 fully saturated rings. The molecule has 0 spiro atoms. The number of likely N-dealkylation sites (tertiary alicyclic amines) is 1. The average molecular weight is 405 g/mol. The van der Waals surface area contributed by atoms with E-state index in [-0.39, 0.29) is 17.6 Å². The molecule has 0 N–H and O–H groups in total. The zero-order chi connectivity index (χ0) is 18.0. The van der Waals surface area contributed by atoms with Crippen LogP contribution in [0.25, 0.3) is 0 Å². The lowest BCUT2D eigenvalue weighted by Crippen LogP contribution is -2.46. The van der Waals surface area contributed by atoms with Crippen LogP contribution in [-0.2, 0) is 21.2 Å². The van der Waals surface area contributed by atoms with E-state index in [4.69, 9.17) is 23.2 Å². The Hall–Kier alpha value is -0.820. The second kappa shape index (κ2) is 7.82. The second-order valence-electron chi connectivity index (χ2n) is 6.64. The Labute approximate surface area is 158 Å². The molecule has 3 rings (SSSR count). The third kappa shape index (κ3) is 4.30. The van der Waals surface area contributed by atoms with Crippen LogP contribution in [0.3, 0.4) is 0 Å². The molecular formula is C17H22Cl2N2O3S. The molecule has 2 saturated heterocycles. The van der Waals surface area contributed by atoms with Gasteiger partial charge in [0.05, 0.1) is 11.7 Å². The molecule has 138 valence electrons. The van der Waals surface area contributed by atoms with Crippen LogP contribution in [0.15, 0.2) is 18.2 Å². The highest BCUT2D eigenvalue weighted by Gasteiger charge is 2.36. The maximum Gasteiger partial charge on any atom is 0.227 e. The number of hydrogen-bond donors (Lipinski definition) is 0. The smallest absolute Gasteiger partial charge is 0.227 e. The van der Waals surface area contributed by atoms with Gasteiger partial charge in [0.15, 0.2) is 0 Å². The summed E-state index contributed by atoms with van der Waals surface area (Å²) in [7, 11) is -3.23. The van der Waals surface area contributed by atoms with Gasteiger partial charge in [0.1, 0.15) is 0 Å². The normalized spacial score (nSPS) is 20.2. The second-order valence-corrected chi connectivity index (χ2v) is 9.70. The summed E-state index contributed by atoms with van der Waals surface area (Å²) in [6, 6.07) is 5.07. The van der Waals surface area contributed by atoms with Crippen LogP contribution in [0.4, 0.5) is 0 Å². The predicted molar refractivity (Wildman–Crippen MR) is 99.5 cm³/mol. The minimum atomic E-state index is -3.23. The van der Waals surface area contributed by atoms with E-state index >= 15 is 0 Å². The highest BCUT2D eigenvalue weighted by Crippen LogP contribution is 2.26. The summed E-state index contributed by atoms with van der Waals surface area (Å²) in [4.78, 5) is 14.2. The minimum Gasteiger partial charge on any atom is -0.342 e. The van der Waals surface area contributed by atoms with Crippen molar-refractivity contribution in [2.75, 3.05) is 26.2 Å². The van der Waals surface area contributed by atoms with Gasteiger partial charge in [-0.15, -0.1) is 0 Å². The molecule has 2 aliphatic rings. The summed E-state index contributed by atoms with van der Waals surface area (Å²) in [5, 5.41) is 0.691. The van der Waals surface area contributed by atoms with Crippen molar-refractivity contribution in [1.29, 1.82) is 0 Å². The van der Waals surface area contributed by atoms with E-state index in [2.05, 4.69) is 0 Å². The quantitative estimate of drug-likeness (QED) is 0.774. The van der Waals surface area contributed by atoms with E-state index in [0.29, 0.717) is 54.6 Å². The summed E-state index contributed by atoms with van der Waals surface area (Å²) in [5.74, 6) is -0.0406. The third-order valence-electron chi connectivity index (χ3n) is 4.99. The van der Waals surface area contributed by atoms with Crippen LogP contribution in [0.5, 0.6) is 0 Å². The van der Waals surface area contributed by atoms with Crippen molar-refractivity contribution in [3.05, 3.63) is 33.8 Å². The van der Waals surface area contributed by atoms with E-state index in [9.17, 15) is 13.2 Å². The Morgan fingerprint density at radius 1 is 1.08 bits per heavy atom. The molecule has 2 heterocycles. The standard InChI is InChI=1S/C17H22Cl2N2O3S/c18-14-3-4-16(19)13(11-14)12-17(22)20-9-5-15(6-10-20)25(23,24)21-7-1-2-8-21/h3-4,11,15H,1-2,5-10,12H2. The van der Waals surface area contributed by atoms with Gasteiger partial charge >= 0.3 is 0 Å². The van der Waals surface area contributed by atoms with Crippen LogP contribution in [0.1, 0.15) is 31.2 Å². The number of sulfonamides is 1. The van der Waals surface area contributed by atoms with Gasteiger partial charge in [-0.25, -0.2) is 12.7 Å². The molecule has 1 amide bonds. The van der Waals surface area contributed by atoms with Gasteiger partial charge in [-0.05, 0) is 49.4 Å². The van der Waals surface area contributed by atoms with E-state index in [0.717, 1.165) is 12.8 Å². The first kappa shape index (κ1) is 19.0. The highest BCUT2D eigenvalue weighted by atomic mass is 35.5. The molecule has 0 unspecified atom stereocenters. The summed E-state index contributed by atoms with van der Waals surface area (Å²) in [6.07, 6.45) is 3.05. The third-order valence-corrected chi connectivity index (χ3v) is 7.99. The van der Waals surface area contributed by atoms with Gasteiger partial charge in [-0.3, -0.25) is 4.79 Å². The van der Waals surface area contributed by atoms with Crippen LogP contribution in [0, 0.1) is 0 Å². The number of carbonyl (C=O) groups is 1. The zero-order valence-corrected chi connectivity index (χ0v) is 16.3. The monoisotopic (exact) mass is 404 g/mol. The van der Waals surface area contributed by atoms with Gasteiger partial charge in [0, 0.05) is 36.2 Å². The van der Waals surface area contributed by atoms with Crippen LogP contribution in [-0.4, -0.2) is 55.0 Å². The first-order chi connectivity index (χ1) is 11.9. The maximum atomic E-state index is 12.6. The van der Waals surface area contributed by atoms with Crippen molar-refractivity contribution in [3.8, 4) is 0 Å². The zero-order valence-electron chi connectivity index (χ0n) is 14.0. The highest BCUT2D eigenvalue weighted by molar-refractivity contribution is 7.89. The fraction of sp³-hybridized carbons (Fsp3) is 0.588. The lowest BCUT2D eigenvalue weighted by atomic mass is 10.1. The fourth-order valence-corrected chi connectivity index (χ4v) is 5.88. The molecular weight excluding hydrogens is 383 g/mol. The van der Waals surface area contributed by atoms with Crippen molar-refractivity contribution in [1.82, 2.24) is 9.21 Å². The number of amides is 1. The summed E-state index contributed by atoms with van der Waals surface area (Å²) < 4.78 is 26.9. The van der Waals surface area contributed by atoms with Gasteiger partial charge in [0.25, 0.3) is 0 Å². The van der Waals surface area contributed by atoms with E-state index in [1.807, 2.05) is 0 Å². The van der Waals surface area contributed by atoms with Crippen LogP contribution in [0.2, 0.25) is 10.0 Å². The molecule has 1 aromatic rings. The van der Waals surface area contributed by atoms with Crippen molar-refractivity contribution < 1.29 is 13.2 Å². The molecule has 25 heavy (non-hydrogen) atoms.